The first-order chi connectivity index (χ1) is 8.90. The number of ether oxygens (including phenoxy) is 2. The molecule has 0 aliphatic rings. The van der Waals surface area contributed by atoms with Crippen LogP contribution in [0.3, 0.4) is 0 Å². The van der Waals surface area contributed by atoms with E-state index in [-0.39, 0.29) is 0 Å². The molecule has 0 aromatic heterocycles. The Morgan fingerprint density at radius 2 is 2.16 bits per heavy atom. The van der Waals surface area contributed by atoms with Gasteiger partial charge in [0.15, 0.2) is 5.75 Å². The van der Waals surface area contributed by atoms with Gasteiger partial charge in [-0.25, -0.2) is 4.79 Å². The number of alkyl halides is 2. The molecular formula is C10H6F2N2O5. The maximum Gasteiger partial charge on any atom is 0.387 e. The van der Waals surface area contributed by atoms with E-state index in [4.69, 9.17) is 5.26 Å². The van der Waals surface area contributed by atoms with Gasteiger partial charge in [0.25, 0.3) is 5.69 Å². The summed E-state index contributed by atoms with van der Waals surface area (Å²) in [7, 11) is 0.958. The zero-order chi connectivity index (χ0) is 14.6. The second-order valence-electron chi connectivity index (χ2n) is 3.11. The van der Waals surface area contributed by atoms with Crippen molar-refractivity contribution < 1.29 is 28.0 Å². The highest BCUT2D eigenvalue weighted by atomic mass is 19.3. The number of carbonyl (C=O) groups excluding carboxylic acids is 1. The highest BCUT2D eigenvalue weighted by Crippen LogP contribution is 2.30. The largest absolute Gasteiger partial charge is 0.465 e. The number of nitro benzene ring substituents is 1. The molecule has 9 heteroatoms. The van der Waals surface area contributed by atoms with Gasteiger partial charge >= 0.3 is 12.6 Å². The molecule has 100 valence electrons. The SMILES string of the molecule is COC(=O)c1cc([N+](=O)[O-])cc(C#N)c1OC(F)F. The number of non-ortho nitro benzene ring substituents is 1. The summed E-state index contributed by atoms with van der Waals surface area (Å²) >= 11 is 0. The molecule has 0 unspecified atom stereocenters. The third kappa shape index (κ3) is 3.12. The number of benzene rings is 1. The molecule has 19 heavy (non-hydrogen) atoms. The van der Waals surface area contributed by atoms with Crippen LogP contribution >= 0.6 is 0 Å². The second-order valence-corrected chi connectivity index (χ2v) is 3.11. The molecular weight excluding hydrogens is 266 g/mol. The van der Waals surface area contributed by atoms with Crippen molar-refractivity contribution in [2.75, 3.05) is 7.11 Å². The van der Waals surface area contributed by atoms with E-state index in [2.05, 4.69) is 9.47 Å². The predicted molar refractivity (Wildman–Crippen MR) is 55.8 cm³/mol. The first kappa shape index (κ1) is 14.3. The first-order valence-electron chi connectivity index (χ1n) is 4.66. The lowest BCUT2D eigenvalue weighted by molar-refractivity contribution is -0.384. The van der Waals surface area contributed by atoms with Gasteiger partial charge < -0.3 is 9.47 Å². The molecule has 0 saturated heterocycles. The fourth-order valence-corrected chi connectivity index (χ4v) is 1.28. The number of hydrogen-bond acceptors (Lipinski definition) is 6. The minimum atomic E-state index is -3.29. The van der Waals surface area contributed by atoms with Crippen LogP contribution in [0.4, 0.5) is 14.5 Å². The van der Waals surface area contributed by atoms with Crippen molar-refractivity contribution in [1.82, 2.24) is 0 Å². The number of halogens is 2. The Morgan fingerprint density at radius 3 is 2.58 bits per heavy atom. The Labute approximate surface area is 105 Å². The van der Waals surface area contributed by atoms with Crippen molar-refractivity contribution in [2.45, 2.75) is 6.61 Å². The van der Waals surface area contributed by atoms with Crippen LogP contribution in [0.2, 0.25) is 0 Å². The van der Waals surface area contributed by atoms with Crippen LogP contribution in [0.5, 0.6) is 5.75 Å². The van der Waals surface area contributed by atoms with Crippen LogP contribution in [0.1, 0.15) is 15.9 Å². The molecule has 0 aliphatic carbocycles. The van der Waals surface area contributed by atoms with Gasteiger partial charge in [0.2, 0.25) is 0 Å². The summed E-state index contributed by atoms with van der Waals surface area (Å²) in [5, 5.41) is 19.4. The van der Waals surface area contributed by atoms with E-state index in [1.165, 1.54) is 6.07 Å². The van der Waals surface area contributed by atoms with E-state index >= 15 is 0 Å². The summed E-state index contributed by atoms with van der Waals surface area (Å²) in [5.41, 5.74) is -1.79. The van der Waals surface area contributed by atoms with Gasteiger partial charge in [-0.2, -0.15) is 14.0 Å². The van der Waals surface area contributed by atoms with E-state index in [0.29, 0.717) is 6.07 Å². The maximum atomic E-state index is 12.2. The number of nitro groups is 1. The standard InChI is InChI=1S/C10H6F2N2O5/c1-18-9(15)7-3-6(14(16)17)2-5(4-13)8(7)19-10(11)12/h2-3,10H,1H3. The number of nitriles is 1. The van der Waals surface area contributed by atoms with Crippen LogP contribution < -0.4 is 4.74 Å². The van der Waals surface area contributed by atoms with E-state index < -0.39 is 40.1 Å². The average molecular weight is 272 g/mol. The predicted octanol–water partition coefficient (Wildman–Crippen LogP) is 1.85. The lowest BCUT2D eigenvalue weighted by atomic mass is 10.1. The third-order valence-electron chi connectivity index (χ3n) is 2.02. The van der Waals surface area contributed by atoms with E-state index in [0.717, 1.165) is 13.2 Å². The van der Waals surface area contributed by atoms with Crippen LogP contribution in [0, 0.1) is 21.4 Å². The van der Waals surface area contributed by atoms with E-state index in [1.807, 2.05) is 0 Å². The maximum absolute atomic E-state index is 12.2. The smallest absolute Gasteiger partial charge is 0.387 e. The van der Waals surface area contributed by atoms with Gasteiger partial charge in [0, 0.05) is 12.1 Å². The monoisotopic (exact) mass is 272 g/mol. The van der Waals surface area contributed by atoms with Gasteiger partial charge in [0.05, 0.1) is 12.0 Å². The number of nitrogens with zero attached hydrogens (tertiary/aromatic N) is 2. The van der Waals surface area contributed by atoms with Crippen molar-refractivity contribution in [3.05, 3.63) is 33.4 Å². The van der Waals surface area contributed by atoms with Gasteiger partial charge in [-0.05, 0) is 0 Å². The lowest BCUT2D eigenvalue weighted by Crippen LogP contribution is -2.11. The molecule has 1 aromatic carbocycles. The van der Waals surface area contributed by atoms with Crippen LogP contribution in [0.15, 0.2) is 12.1 Å². The quantitative estimate of drug-likeness (QED) is 0.470. The van der Waals surface area contributed by atoms with Gasteiger partial charge in [0.1, 0.15) is 17.2 Å². The Kier molecular flexibility index (Phi) is 4.31. The minimum absolute atomic E-state index is 0.560. The summed E-state index contributed by atoms with van der Waals surface area (Å²) in [5.74, 6) is -1.88. The van der Waals surface area contributed by atoms with Crippen molar-refractivity contribution in [3.63, 3.8) is 0 Å². The highest BCUT2D eigenvalue weighted by Gasteiger charge is 2.25. The van der Waals surface area contributed by atoms with Crippen molar-refractivity contribution in [3.8, 4) is 11.8 Å². The number of rotatable bonds is 4. The van der Waals surface area contributed by atoms with Crippen LogP contribution in [-0.4, -0.2) is 24.6 Å². The number of methoxy groups -OCH3 is 1. The lowest BCUT2D eigenvalue weighted by Gasteiger charge is -2.10. The summed E-state index contributed by atoms with van der Waals surface area (Å²) in [4.78, 5) is 21.1. The molecule has 0 N–H and O–H groups in total. The van der Waals surface area contributed by atoms with Crippen molar-refractivity contribution >= 4 is 11.7 Å². The topological polar surface area (TPSA) is 102 Å². The Bertz CT molecular complexity index is 568. The first-order valence-corrected chi connectivity index (χ1v) is 4.66. The molecule has 0 fully saturated rings. The molecule has 1 rings (SSSR count). The molecule has 0 heterocycles. The molecule has 0 aliphatic heterocycles. The molecule has 1 aromatic rings. The molecule has 7 nitrogen and oxygen atoms in total. The number of esters is 1. The summed E-state index contributed by atoms with van der Waals surface area (Å²) in [6, 6.07) is 2.87. The van der Waals surface area contributed by atoms with Crippen molar-refractivity contribution in [1.29, 1.82) is 5.26 Å². The zero-order valence-corrected chi connectivity index (χ0v) is 9.42. The average Bonchev–Trinajstić information content (AvgIpc) is 2.36. The minimum Gasteiger partial charge on any atom is -0.465 e. The van der Waals surface area contributed by atoms with Gasteiger partial charge in [-0.15, -0.1) is 0 Å². The van der Waals surface area contributed by atoms with Crippen LogP contribution in [0.25, 0.3) is 0 Å². The highest BCUT2D eigenvalue weighted by molar-refractivity contribution is 5.94. The fraction of sp³-hybridized carbons (Fsp3) is 0.200. The molecule has 0 bridgehead atoms. The van der Waals surface area contributed by atoms with E-state index in [9.17, 15) is 23.7 Å². The zero-order valence-electron chi connectivity index (χ0n) is 9.42. The number of hydrogen-bond donors (Lipinski definition) is 0. The Morgan fingerprint density at radius 1 is 1.53 bits per heavy atom. The second kappa shape index (κ2) is 5.72. The third-order valence-corrected chi connectivity index (χ3v) is 2.02. The summed E-state index contributed by atoms with van der Waals surface area (Å²) < 4.78 is 32.8. The normalized spacial score (nSPS) is 9.84. The van der Waals surface area contributed by atoms with Crippen LogP contribution in [-0.2, 0) is 4.74 Å². The molecule has 0 saturated carbocycles. The Hall–Kier alpha value is -2.76. The van der Waals surface area contributed by atoms with Gasteiger partial charge in [-0.3, -0.25) is 10.1 Å². The fourth-order valence-electron chi connectivity index (χ4n) is 1.28. The molecule has 0 amide bonds. The molecule has 0 atom stereocenters. The summed E-state index contributed by atoms with van der Waals surface area (Å²) in [6.07, 6.45) is 0. The Balaban J connectivity index is 3.53. The van der Waals surface area contributed by atoms with E-state index in [1.54, 1.807) is 0 Å². The number of carbonyl (C=O) groups is 1. The van der Waals surface area contributed by atoms with Crippen molar-refractivity contribution in [2.24, 2.45) is 0 Å². The van der Waals surface area contributed by atoms with Gasteiger partial charge in [-0.1, -0.05) is 0 Å². The molecule has 0 spiro atoms. The summed E-state index contributed by atoms with van der Waals surface area (Å²) in [6.45, 7) is -3.29. The molecule has 0 radical (unpaired) electrons.